The normalized spacial score (nSPS) is 16.8. The van der Waals surface area contributed by atoms with E-state index < -0.39 is 0 Å². The van der Waals surface area contributed by atoms with Gasteiger partial charge in [-0.25, -0.2) is 0 Å². The number of hydrogen-bond acceptors (Lipinski definition) is 4. The van der Waals surface area contributed by atoms with Crippen LogP contribution in [0.4, 0.5) is 5.69 Å². The first-order valence-electron chi connectivity index (χ1n) is 8.08. The van der Waals surface area contributed by atoms with Crippen molar-refractivity contribution in [2.75, 3.05) is 25.6 Å². The lowest BCUT2D eigenvalue weighted by molar-refractivity contribution is 0.0907. The topological polar surface area (TPSA) is 33.7 Å². The highest BCUT2D eigenvalue weighted by molar-refractivity contribution is 7.80. The summed E-state index contributed by atoms with van der Waals surface area (Å²) in [6.07, 6.45) is 2.50. The molecule has 1 atom stereocenters. The fraction of sp³-hybridized carbons (Fsp3) is 0.389. The van der Waals surface area contributed by atoms with Gasteiger partial charge in [0.15, 0.2) is 5.11 Å². The molecule has 0 unspecified atom stereocenters. The van der Waals surface area contributed by atoms with E-state index >= 15 is 0 Å². The number of hydrogen-bond donors (Lipinski definition) is 1. The summed E-state index contributed by atoms with van der Waals surface area (Å²) in [7, 11) is 1.66. The molecule has 0 bridgehead atoms. The van der Waals surface area contributed by atoms with Crippen LogP contribution in [0.25, 0.3) is 0 Å². The maximum atomic E-state index is 5.79. The predicted octanol–water partition coefficient (Wildman–Crippen LogP) is 4.13. The summed E-state index contributed by atoms with van der Waals surface area (Å²) in [5, 5.41) is 6.15. The number of ether oxygens (including phenoxy) is 2. The van der Waals surface area contributed by atoms with Crippen LogP contribution in [0.15, 0.2) is 41.8 Å². The molecule has 0 radical (unpaired) electrons. The highest BCUT2D eigenvalue weighted by Gasteiger charge is 2.21. The lowest BCUT2D eigenvalue weighted by Crippen LogP contribution is -2.39. The Hall–Kier alpha value is -1.63. The highest BCUT2D eigenvalue weighted by Crippen LogP contribution is 2.20. The Labute approximate surface area is 152 Å². The van der Waals surface area contributed by atoms with Gasteiger partial charge in [-0.15, -0.1) is 11.3 Å². The summed E-state index contributed by atoms with van der Waals surface area (Å²) in [6.45, 7) is 2.48. The minimum atomic E-state index is 0.264. The molecular formula is C18H22N2O2S2. The molecule has 1 saturated heterocycles. The van der Waals surface area contributed by atoms with Gasteiger partial charge in [-0.05, 0) is 60.8 Å². The van der Waals surface area contributed by atoms with Crippen LogP contribution in [0, 0.1) is 0 Å². The largest absolute Gasteiger partial charge is 0.497 e. The Bertz CT molecular complexity index is 638. The summed E-state index contributed by atoms with van der Waals surface area (Å²) >= 11 is 7.41. The van der Waals surface area contributed by atoms with Crippen LogP contribution in [0.5, 0.6) is 5.75 Å². The Morgan fingerprint density at radius 3 is 2.83 bits per heavy atom. The van der Waals surface area contributed by atoms with E-state index in [0.717, 1.165) is 49.1 Å². The first-order chi connectivity index (χ1) is 11.7. The van der Waals surface area contributed by atoms with Crippen LogP contribution >= 0.6 is 23.6 Å². The molecule has 1 aliphatic heterocycles. The number of thiophene rings is 1. The lowest BCUT2D eigenvalue weighted by Gasteiger charge is -2.28. The summed E-state index contributed by atoms with van der Waals surface area (Å²) in [5.74, 6) is 0.835. The number of nitrogens with zero attached hydrogens (tertiary/aromatic N) is 1. The van der Waals surface area contributed by atoms with E-state index in [0.29, 0.717) is 0 Å². The number of thiocarbonyl (C=S) groups is 1. The van der Waals surface area contributed by atoms with Gasteiger partial charge in [-0.1, -0.05) is 6.07 Å². The molecule has 0 saturated carbocycles. The Kier molecular flexibility index (Phi) is 6.07. The molecule has 1 aliphatic rings. The number of nitrogens with one attached hydrogen (secondary N) is 1. The fourth-order valence-electron chi connectivity index (χ4n) is 2.72. The average Bonchev–Trinajstić information content (AvgIpc) is 3.29. The maximum absolute atomic E-state index is 5.79. The van der Waals surface area contributed by atoms with Gasteiger partial charge in [0, 0.05) is 23.7 Å². The van der Waals surface area contributed by atoms with Gasteiger partial charge in [0.25, 0.3) is 0 Å². The Morgan fingerprint density at radius 1 is 1.38 bits per heavy atom. The third-order valence-corrected chi connectivity index (χ3v) is 5.22. The first-order valence-corrected chi connectivity index (χ1v) is 9.37. The standard InChI is InChI=1S/C18H22N2O2S2/c1-21-15-8-6-14(7-9-15)19-18(23)20(12-16-4-2-10-22-16)13-17-5-3-11-24-17/h3,5-9,11,16H,2,4,10,12-13H2,1H3,(H,19,23)/t16-/m0/s1. The number of rotatable bonds is 6. The number of anilines is 1. The van der Waals surface area contributed by atoms with Crippen LogP contribution in [0.3, 0.4) is 0 Å². The van der Waals surface area contributed by atoms with Crippen molar-refractivity contribution < 1.29 is 9.47 Å². The van der Waals surface area contributed by atoms with E-state index in [-0.39, 0.29) is 6.10 Å². The minimum absolute atomic E-state index is 0.264. The molecule has 6 heteroatoms. The van der Waals surface area contributed by atoms with Gasteiger partial charge >= 0.3 is 0 Å². The zero-order chi connectivity index (χ0) is 16.8. The van der Waals surface area contributed by atoms with E-state index in [1.165, 1.54) is 4.88 Å². The molecule has 0 spiro atoms. The molecule has 0 amide bonds. The molecule has 128 valence electrons. The van der Waals surface area contributed by atoms with Crippen molar-refractivity contribution >= 4 is 34.4 Å². The zero-order valence-electron chi connectivity index (χ0n) is 13.7. The van der Waals surface area contributed by atoms with E-state index in [9.17, 15) is 0 Å². The highest BCUT2D eigenvalue weighted by atomic mass is 32.1. The molecule has 24 heavy (non-hydrogen) atoms. The molecule has 1 N–H and O–H groups in total. The van der Waals surface area contributed by atoms with Crippen LogP contribution in [0.1, 0.15) is 17.7 Å². The molecule has 1 aromatic heterocycles. The third kappa shape index (κ3) is 4.69. The Balaban J connectivity index is 1.66. The van der Waals surface area contributed by atoms with Gasteiger partial charge in [-0.3, -0.25) is 0 Å². The summed E-state index contributed by atoms with van der Waals surface area (Å²) in [6, 6.07) is 12.0. The van der Waals surface area contributed by atoms with E-state index in [1.54, 1.807) is 18.4 Å². The van der Waals surface area contributed by atoms with Crippen molar-refractivity contribution in [2.45, 2.75) is 25.5 Å². The van der Waals surface area contributed by atoms with Crippen molar-refractivity contribution in [3.8, 4) is 5.75 Å². The molecule has 0 aliphatic carbocycles. The first kappa shape index (κ1) is 17.2. The lowest BCUT2D eigenvalue weighted by atomic mass is 10.2. The second-order valence-corrected chi connectivity index (χ2v) is 7.17. The molecule has 2 aromatic rings. The molecule has 1 fully saturated rings. The molecule has 4 nitrogen and oxygen atoms in total. The van der Waals surface area contributed by atoms with Crippen molar-refractivity contribution in [1.82, 2.24) is 4.90 Å². The summed E-state index contributed by atoms with van der Waals surface area (Å²) < 4.78 is 11.0. The fourth-order valence-corrected chi connectivity index (χ4v) is 3.70. The monoisotopic (exact) mass is 362 g/mol. The molecular weight excluding hydrogens is 340 g/mol. The third-order valence-electron chi connectivity index (χ3n) is 4.00. The quantitative estimate of drug-likeness (QED) is 0.781. The maximum Gasteiger partial charge on any atom is 0.173 e. The number of benzene rings is 1. The molecule has 1 aromatic carbocycles. The molecule has 2 heterocycles. The zero-order valence-corrected chi connectivity index (χ0v) is 15.4. The second-order valence-electron chi connectivity index (χ2n) is 5.75. The summed E-state index contributed by atoms with van der Waals surface area (Å²) in [5.41, 5.74) is 0.962. The van der Waals surface area contributed by atoms with Gasteiger partial charge in [-0.2, -0.15) is 0 Å². The van der Waals surface area contributed by atoms with Crippen molar-refractivity contribution in [3.63, 3.8) is 0 Å². The van der Waals surface area contributed by atoms with Gasteiger partial charge < -0.3 is 19.7 Å². The van der Waals surface area contributed by atoms with Gasteiger partial charge in [0.1, 0.15) is 5.75 Å². The Morgan fingerprint density at radius 2 is 2.21 bits per heavy atom. The predicted molar refractivity (Wildman–Crippen MR) is 103 cm³/mol. The van der Waals surface area contributed by atoms with E-state index in [4.69, 9.17) is 21.7 Å². The van der Waals surface area contributed by atoms with Crippen molar-refractivity contribution in [3.05, 3.63) is 46.7 Å². The smallest absolute Gasteiger partial charge is 0.173 e. The van der Waals surface area contributed by atoms with Crippen LogP contribution < -0.4 is 10.1 Å². The minimum Gasteiger partial charge on any atom is -0.497 e. The molecule has 3 rings (SSSR count). The second kappa shape index (κ2) is 8.46. The van der Waals surface area contributed by atoms with Gasteiger partial charge in [0.05, 0.1) is 19.8 Å². The van der Waals surface area contributed by atoms with E-state index in [2.05, 4.69) is 27.7 Å². The van der Waals surface area contributed by atoms with Crippen LogP contribution in [0.2, 0.25) is 0 Å². The van der Waals surface area contributed by atoms with Crippen LogP contribution in [-0.4, -0.2) is 36.4 Å². The van der Waals surface area contributed by atoms with E-state index in [1.807, 2.05) is 24.3 Å². The number of methoxy groups -OCH3 is 1. The van der Waals surface area contributed by atoms with Crippen molar-refractivity contribution in [2.24, 2.45) is 0 Å². The van der Waals surface area contributed by atoms with Gasteiger partial charge in [0.2, 0.25) is 0 Å². The SMILES string of the molecule is COc1ccc(NC(=S)N(Cc2cccs2)C[C@@H]2CCCO2)cc1. The average molecular weight is 363 g/mol. The van der Waals surface area contributed by atoms with Crippen LogP contribution in [-0.2, 0) is 11.3 Å². The van der Waals surface area contributed by atoms with Crippen molar-refractivity contribution in [1.29, 1.82) is 0 Å². The summed E-state index contributed by atoms with van der Waals surface area (Å²) in [4.78, 5) is 3.49.